The van der Waals surface area contributed by atoms with Gasteiger partial charge in [-0.15, -0.1) is 0 Å². The van der Waals surface area contributed by atoms with Crippen molar-refractivity contribution in [1.29, 1.82) is 0 Å². The zero-order valence-corrected chi connectivity index (χ0v) is 13.2. The SMILES string of the molecule is O=C(Cc1noc2ccccc12)N1CCOC(c2ccccc2)C1. The average molecular weight is 322 g/mol. The van der Waals surface area contributed by atoms with Crippen molar-refractivity contribution in [3.63, 3.8) is 0 Å². The van der Waals surface area contributed by atoms with E-state index in [1.165, 1.54) is 0 Å². The molecule has 1 amide bonds. The van der Waals surface area contributed by atoms with E-state index in [1.807, 2.05) is 59.5 Å². The maximum atomic E-state index is 12.7. The largest absolute Gasteiger partial charge is 0.370 e. The summed E-state index contributed by atoms with van der Waals surface area (Å²) in [5.74, 6) is 0.0540. The fraction of sp³-hybridized carbons (Fsp3) is 0.263. The van der Waals surface area contributed by atoms with Crippen LogP contribution < -0.4 is 0 Å². The number of rotatable bonds is 3. The molecule has 5 heteroatoms. The van der Waals surface area contributed by atoms with Crippen LogP contribution in [0.25, 0.3) is 11.0 Å². The Morgan fingerprint density at radius 3 is 2.79 bits per heavy atom. The quantitative estimate of drug-likeness (QED) is 0.744. The predicted octanol–water partition coefficient (Wildman–Crippen LogP) is 2.97. The van der Waals surface area contributed by atoms with Crippen molar-refractivity contribution in [2.45, 2.75) is 12.5 Å². The van der Waals surface area contributed by atoms with Gasteiger partial charge in [0.15, 0.2) is 5.58 Å². The summed E-state index contributed by atoms with van der Waals surface area (Å²) in [6, 6.07) is 17.6. The number of morpholine rings is 1. The highest BCUT2D eigenvalue weighted by atomic mass is 16.5. The Bertz CT molecular complexity index is 844. The molecule has 1 aliphatic rings. The number of carbonyl (C=O) groups is 1. The number of para-hydroxylation sites is 1. The predicted molar refractivity (Wildman–Crippen MR) is 89.4 cm³/mol. The third-order valence-corrected chi connectivity index (χ3v) is 4.36. The second kappa shape index (κ2) is 6.45. The van der Waals surface area contributed by atoms with Gasteiger partial charge in [-0.2, -0.15) is 0 Å². The molecular weight excluding hydrogens is 304 g/mol. The number of fused-ring (bicyclic) bond motifs is 1. The van der Waals surface area contributed by atoms with Crippen molar-refractivity contribution < 1.29 is 14.1 Å². The summed E-state index contributed by atoms with van der Waals surface area (Å²) in [4.78, 5) is 14.5. The molecule has 1 aliphatic heterocycles. The molecule has 3 aromatic rings. The van der Waals surface area contributed by atoms with Crippen molar-refractivity contribution in [2.24, 2.45) is 0 Å². The first-order valence-corrected chi connectivity index (χ1v) is 8.09. The summed E-state index contributed by atoms with van der Waals surface area (Å²) in [5.41, 5.74) is 2.50. The van der Waals surface area contributed by atoms with Crippen molar-refractivity contribution in [2.75, 3.05) is 19.7 Å². The van der Waals surface area contributed by atoms with E-state index >= 15 is 0 Å². The number of benzene rings is 2. The third-order valence-electron chi connectivity index (χ3n) is 4.36. The summed E-state index contributed by atoms with van der Waals surface area (Å²) >= 11 is 0. The number of hydrogen-bond acceptors (Lipinski definition) is 4. The Kier molecular flexibility index (Phi) is 4.01. The van der Waals surface area contributed by atoms with Crippen LogP contribution >= 0.6 is 0 Å². The van der Waals surface area contributed by atoms with E-state index in [4.69, 9.17) is 9.26 Å². The second-order valence-electron chi connectivity index (χ2n) is 5.91. The Labute approximate surface area is 139 Å². The minimum atomic E-state index is -0.0713. The Morgan fingerprint density at radius 1 is 1.12 bits per heavy atom. The smallest absolute Gasteiger partial charge is 0.228 e. The standard InChI is InChI=1S/C19H18N2O3/c22-19(12-16-15-8-4-5-9-17(15)24-20-16)21-10-11-23-18(13-21)14-6-2-1-3-7-14/h1-9,18H,10-13H2. The van der Waals surface area contributed by atoms with E-state index in [0.717, 1.165) is 10.9 Å². The van der Waals surface area contributed by atoms with Gasteiger partial charge in [0.1, 0.15) is 11.8 Å². The lowest BCUT2D eigenvalue weighted by molar-refractivity contribution is -0.138. The van der Waals surface area contributed by atoms with Crippen LogP contribution in [0.4, 0.5) is 0 Å². The van der Waals surface area contributed by atoms with Gasteiger partial charge >= 0.3 is 0 Å². The van der Waals surface area contributed by atoms with Crippen molar-refractivity contribution >= 4 is 16.9 Å². The molecule has 0 radical (unpaired) electrons. The van der Waals surface area contributed by atoms with Crippen LogP contribution in [-0.2, 0) is 16.0 Å². The highest BCUT2D eigenvalue weighted by Gasteiger charge is 2.26. The van der Waals surface area contributed by atoms with Gasteiger partial charge in [-0.3, -0.25) is 4.79 Å². The third kappa shape index (κ3) is 2.90. The number of carbonyl (C=O) groups excluding carboxylic acids is 1. The molecule has 5 nitrogen and oxygen atoms in total. The zero-order valence-electron chi connectivity index (χ0n) is 13.2. The molecule has 0 bridgehead atoms. The van der Waals surface area contributed by atoms with E-state index in [2.05, 4.69) is 5.16 Å². The first-order valence-electron chi connectivity index (χ1n) is 8.09. The highest BCUT2D eigenvalue weighted by molar-refractivity contribution is 5.86. The maximum Gasteiger partial charge on any atom is 0.228 e. The van der Waals surface area contributed by atoms with Gasteiger partial charge < -0.3 is 14.2 Å². The first kappa shape index (κ1) is 14.9. The topological polar surface area (TPSA) is 55.6 Å². The van der Waals surface area contributed by atoms with Crippen molar-refractivity contribution in [1.82, 2.24) is 10.1 Å². The fourth-order valence-corrected chi connectivity index (χ4v) is 3.07. The summed E-state index contributed by atoms with van der Waals surface area (Å²) in [5, 5.41) is 4.96. The molecule has 1 unspecified atom stereocenters. The minimum Gasteiger partial charge on any atom is -0.370 e. The molecule has 4 rings (SSSR count). The average Bonchev–Trinajstić information content (AvgIpc) is 3.06. The lowest BCUT2D eigenvalue weighted by atomic mass is 10.1. The van der Waals surface area contributed by atoms with Gasteiger partial charge in [0.2, 0.25) is 5.91 Å². The number of nitrogens with zero attached hydrogens (tertiary/aromatic N) is 2. The van der Waals surface area contributed by atoms with Crippen LogP contribution in [0.3, 0.4) is 0 Å². The summed E-state index contributed by atoms with van der Waals surface area (Å²) in [6.45, 7) is 1.72. The number of ether oxygens (including phenoxy) is 1. The minimum absolute atomic E-state index is 0.0540. The van der Waals surface area contributed by atoms with E-state index in [-0.39, 0.29) is 18.4 Å². The van der Waals surface area contributed by atoms with Crippen LogP contribution in [0.15, 0.2) is 59.1 Å². The molecule has 24 heavy (non-hydrogen) atoms. The molecule has 1 atom stereocenters. The van der Waals surface area contributed by atoms with E-state index < -0.39 is 0 Å². The molecule has 1 saturated heterocycles. The molecule has 2 heterocycles. The molecule has 0 N–H and O–H groups in total. The molecule has 1 fully saturated rings. The molecule has 1 aromatic heterocycles. The molecular formula is C19H18N2O3. The molecule has 0 saturated carbocycles. The Morgan fingerprint density at radius 2 is 1.92 bits per heavy atom. The molecule has 0 aliphatic carbocycles. The van der Waals surface area contributed by atoms with Gasteiger partial charge in [-0.1, -0.05) is 47.6 Å². The number of aromatic nitrogens is 1. The lowest BCUT2D eigenvalue weighted by Gasteiger charge is -2.33. The van der Waals surface area contributed by atoms with Gasteiger partial charge in [-0.05, 0) is 17.7 Å². The van der Waals surface area contributed by atoms with Crippen LogP contribution in [0, 0.1) is 0 Å². The Balaban J connectivity index is 1.48. The first-order chi connectivity index (χ1) is 11.8. The Hall–Kier alpha value is -2.66. The molecule has 0 spiro atoms. The van der Waals surface area contributed by atoms with Crippen LogP contribution in [0.1, 0.15) is 17.4 Å². The molecule has 122 valence electrons. The van der Waals surface area contributed by atoms with Crippen molar-refractivity contribution in [3.8, 4) is 0 Å². The summed E-state index contributed by atoms with van der Waals surface area (Å²) in [7, 11) is 0. The second-order valence-corrected chi connectivity index (χ2v) is 5.91. The fourth-order valence-electron chi connectivity index (χ4n) is 3.07. The summed E-state index contributed by atoms with van der Waals surface area (Å²) in [6.07, 6.45) is 0.177. The highest BCUT2D eigenvalue weighted by Crippen LogP contribution is 2.23. The van der Waals surface area contributed by atoms with Crippen LogP contribution in [0.2, 0.25) is 0 Å². The van der Waals surface area contributed by atoms with E-state index in [9.17, 15) is 4.79 Å². The van der Waals surface area contributed by atoms with E-state index in [0.29, 0.717) is 31.0 Å². The number of hydrogen-bond donors (Lipinski definition) is 0. The lowest BCUT2D eigenvalue weighted by Crippen LogP contribution is -2.43. The maximum absolute atomic E-state index is 12.7. The normalized spacial score (nSPS) is 18.0. The monoisotopic (exact) mass is 322 g/mol. The van der Waals surface area contributed by atoms with Crippen LogP contribution in [-0.4, -0.2) is 35.7 Å². The van der Waals surface area contributed by atoms with Crippen molar-refractivity contribution in [3.05, 3.63) is 65.9 Å². The van der Waals surface area contributed by atoms with Gasteiger partial charge in [0.25, 0.3) is 0 Å². The number of amides is 1. The van der Waals surface area contributed by atoms with Crippen LogP contribution in [0.5, 0.6) is 0 Å². The van der Waals surface area contributed by atoms with Gasteiger partial charge in [0, 0.05) is 11.9 Å². The van der Waals surface area contributed by atoms with E-state index in [1.54, 1.807) is 0 Å². The van der Waals surface area contributed by atoms with Gasteiger partial charge in [0.05, 0.1) is 19.6 Å². The summed E-state index contributed by atoms with van der Waals surface area (Å²) < 4.78 is 11.1. The zero-order chi connectivity index (χ0) is 16.4. The molecule has 2 aromatic carbocycles. The van der Waals surface area contributed by atoms with Gasteiger partial charge in [-0.25, -0.2) is 0 Å².